The molecule has 204 valence electrons. The fourth-order valence-corrected chi connectivity index (χ4v) is 5.48. The van der Waals surface area contributed by atoms with Crippen molar-refractivity contribution < 1.29 is 28.7 Å². The number of nitrogens with zero attached hydrogens (tertiary/aromatic N) is 3. The SMILES string of the molecule is CCCCOC(=O)C1CCCCN1C(=O)C1CCCCN1C(=O)C1CCCCN1C(=O)OCCCC. The molecule has 9 nitrogen and oxygen atoms in total. The van der Waals surface area contributed by atoms with Gasteiger partial charge in [0.15, 0.2) is 0 Å². The van der Waals surface area contributed by atoms with Crippen LogP contribution in [0.2, 0.25) is 0 Å². The summed E-state index contributed by atoms with van der Waals surface area (Å²) in [5, 5.41) is 0. The van der Waals surface area contributed by atoms with Gasteiger partial charge in [0.1, 0.15) is 18.1 Å². The molecule has 3 amide bonds. The Labute approximate surface area is 215 Å². The van der Waals surface area contributed by atoms with Crippen LogP contribution in [0.5, 0.6) is 0 Å². The van der Waals surface area contributed by atoms with Crippen LogP contribution in [0.15, 0.2) is 0 Å². The number of hydrogen-bond donors (Lipinski definition) is 0. The van der Waals surface area contributed by atoms with Gasteiger partial charge in [-0.25, -0.2) is 9.59 Å². The monoisotopic (exact) mass is 507 g/mol. The predicted molar refractivity (Wildman–Crippen MR) is 135 cm³/mol. The Kier molecular flexibility index (Phi) is 11.3. The van der Waals surface area contributed by atoms with Gasteiger partial charge in [-0.3, -0.25) is 14.5 Å². The van der Waals surface area contributed by atoms with Gasteiger partial charge in [-0.2, -0.15) is 0 Å². The van der Waals surface area contributed by atoms with Crippen LogP contribution >= 0.6 is 0 Å². The van der Waals surface area contributed by atoms with E-state index in [-0.39, 0.29) is 17.8 Å². The first-order chi connectivity index (χ1) is 17.5. The van der Waals surface area contributed by atoms with Crippen molar-refractivity contribution in [2.75, 3.05) is 32.8 Å². The number of amides is 3. The van der Waals surface area contributed by atoms with E-state index in [1.54, 1.807) is 14.7 Å². The van der Waals surface area contributed by atoms with Gasteiger partial charge in [0.05, 0.1) is 13.2 Å². The van der Waals surface area contributed by atoms with Crippen molar-refractivity contribution in [2.45, 2.75) is 115 Å². The summed E-state index contributed by atoms with van der Waals surface area (Å²) < 4.78 is 10.9. The third-order valence-corrected chi connectivity index (χ3v) is 7.62. The molecule has 36 heavy (non-hydrogen) atoms. The minimum atomic E-state index is -0.602. The van der Waals surface area contributed by atoms with E-state index in [0.717, 1.165) is 64.2 Å². The zero-order chi connectivity index (χ0) is 25.9. The number of esters is 1. The highest BCUT2D eigenvalue weighted by Crippen LogP contribution is 2.28. The molecule has 0 radical (unpaired) electrons. The van der Waals surface area contributed by atoms with Crippen LogP contribution in [-0.4, -0.2) is 89.6 Å². The van der Waals surface area contributed by atoms with Crippen LogP contribution in [0.1, 0.15) is 97.3 Å². The summed E-state index contributed by atoms with van der Waals surface area (Å²) in [4.78, 5) is 58.1. The van der Waals surface area contributed by atoms with Gasteiger partial charge in [-0.05, 0) is 70.6 Å². The van der Waals surface area contributed by atoms with Crippen molar-refractivity contribution >= 4 is 23.9 Å². The second-order valence-electron chi connectivity index (χ2n) is 10.3. The standard InChI is InChI=1S/C27H45N3O6/c1-3-5-19-35-26(33)23-15-9-11-17-29(23)24(31)21-13-7-10-16-28(21)25(32)22-14-8-12-18-30(22)27(34)36-20-6-4-2/h21-23H,3-20H2,1-2H3. The molecule has 0 N–H and O–H groups in total. The molecule has 0 spiro atoms. The van der Waals surface area contributed by atoms with E-state index in [4.69, 9.17) is 9.47 Å². The van der Waals surface area contributed by atoms with Crippen LogP contribution in [0, 0.1) is 0 Å². The first-order valence-electron chi connectivity index (χ1n) is 14.2. The number of hydrogen-bond acceptors (Lipinski definition) is 6. The number of rotatable bonds is 9. The summed E-state index contributed by atoms with van der Waals surface area (Å²) in [6.45, 7) is 6.28. The van der Waals surface area contributed by atoms with Crippen molar-refractivity contribution in [3.63, 3.8) is 0 Å². The average molecular weight is 508 g/mol. The molecule has 0 aliphatic carbocycles. The maximum absolute atomic E-state index is 13.8. The quantitative estimate of drug-likeness (QED) is 0.347. The van der Waals surface area contributed by atoms with Crippen molar-refractivity contribution in [3.8, 4) is 0 Å². The Morgan fingerprint density at radius 1 is 0.611 bits per heavy atom. The lowest BCUT2D eigenvalue weighted by molar-refractivity contribution is -0.161. The lowest BCUT2D eigenvalue weighted by Crippen LogP contribution is -2.61. The topological polar surface area (TPSA) is 96.5 Å². The molecule has 3 unspecified atom stereocenters. The van der Waals surface area contributed by atoms with E-state index in [1.165, 1.54) is 0 Å². The number of likely N-dealkylation sites (tertiary alicyclic amines) is 3. The number of carbonyl (C=O) groups is 4. The summed E-state index contributed by atoms with van der Waals surface area (Å²) in [7, 11) is 0. The third-order valence-electron chi connectivity index (χ3n) is 7.62. The van der Waals surface area contributed by atoms with Crippen molar-refractivity contribution in [3.05, 3.63) is 0 Å². The second kappa shape index (κ2) is 14.4. The molecule has 3 aliphatic rings. The molecule has 3 aliphatic heterocycles. The Morgan fingerprint density at radius 3 is 1.61 bits per heavy atom. The van der Waals surface area contributed by atoms with Gasteiger partial charge in [0.2, 0.25) is 11.8 Å². The van der Waals surface area contributed by atoms with Crippen LogP contribution in [0.3, 0.4) is 0 Å². The molecule has 0 saturated carbocycles. The smallest absolute Gasteiger partial charge is 0.410 e. The molecule has 0 aromatic carbocycles. The average Bonchev–Trinajstić information content (AvgIpc) is 2.92. The largest absolute Gasteiger partial charge is 0.464 e. The predicted octanol–water partition coefficient (Wildman–Crippen LogP) is 3.88. The Bertz CT molecular complexity index is 698. The molecule has 0 bridgehead atoms. The minimum Gasteiger partial charge on any atom is -0.464 e. The van der Waals surface area contributed by atoms with Crippen molar-refractivity contribution in [1.29, 1.82) is 0 Å². The summed E-state index contributed by atoms with van der Waals surface area (Å²) in [6, 6.07) is -1.78. The fourth-order valence-electron chi connectivity index (χ4n) is 5.48. The van der Waals surface area contributed by atoms with Crippen LogP contribution in [0.4, 0.5) is 4.79 Å². The Morgan fingerprint density at radius 2 is 1.06 bits per heavy atom. The van der Waals surface area contributed by atoms with Gasteiger partial charge >= 0.3 is 12.1 Å². The highest BCUT2D eigenvalue weighted by atomic mass is 16.6. The number of carbonyl (C=O) groups excluding carboxylic acids is 4. The third kappa shape index (κ3) is 7.13. The lowest BCUT2D eigenvalue weighted by Gasteiger charge is -2.44. The summed E-state index contributed by atoms with van der Waals surface area (Å²) in [5.74, 6) is -0.661. The molecule has 3 atom stereocenters. The maximum Gasteiger partial charge on any atom is 0.410 e. The molecule has 3 saturated heterocycles. The highest BCUT2D eigenvalue weighted by Gasteiger charge is 2.44. The van der Waals surface area contributed by atoms with Crippen molar-refractivity contribution in [2.24, 2.45) is 0 Å². The van der Waals surface area contributed by atoms with Crippen LogP contribution in [0.25, 0.3) is 0 Å². The number of unbranched alkanes of at least 4 members (excludes halogenated alkanes) is 2. The summed E-state index contributed by atoms with van der Waals surface area (Å²) in [6.07, 6.45) is 9.86. The highest BCUT2D eigenvalue weighted by molar-refractivity contribution is 5.93. The van der Waals surface area contributed by atoms with E-state index in [9.17, 15) is 19.2 Å². The summed E-state index contributed by atoms with van der Waals surface area (Å²) >= 11 is 0. The molecule has 9 heteroatoms. The Balaban J connectivity index is 1.72. The first kappa shape index (κ1) is 28.3. The lowest BCUT2D eigenvalue weighted by atomic mass is 9.94. The first-order valence-corrected chi connectivity index (χ1v) is 14.2. The van der Waals surface area contributed by atoms with E-state index < -0.39 is 24.2 Å². The van der Waals surface area contributed by atoms with Gasteiger partial charge in [-0.1, -0.05) is 26.7 Å². The van der Waals surface area contributed by atoms with Gasteiger partial charge in [-0.15, -0.1) is 0 Å². The molecule has 3 heterocycles. The molecule has 3 rings (SSSR count). The second-order valence-corrected chi connectivity index (χ2v) is 10.3. The van der Waals surface area contributed by atoms with Gasteiger partial charge in [0.25, 0.3) is 0 Å². The zero-order valence-corrected chi connectivity index (χ0v) is 22.3. The van der Waals surface area contributed by atoms with E-state index in [0.29, 0.717) is 52.1 Å². The van der Waals surface area contributed by atoms with Gasteiger partial charge < -0.3 is 19.3 Å². The zero-order valence-electron chi connectivity index (χ0n) is 22.3. The number of ether oxygens (including phenoxy) is 2. The normalized spacial score (nSPS) is 24.8. The summed E-state index contributed by atoms with van der Waals surface area (Å²) in [5.41, 5.74) is 0. The number of piperidine rings is 3. The maximum atomic E-state index is 13.8. The van der Waals surface area contributed by atoms with E-state index >= 15 is 0 Å². The Hall–Kier alpha value is -2.32. The van der Waals surface area contributed by atoms with E-state index in [2.05, 4.69) is 0 Å². The van der Waals surface area contributed by atoms with Gasteiger partial charge in [0, 0.05) is 19.6 Å². The molecular formula is C27H45N3O6. The minimum absolute atomic E-state index is 0.159. The van der Waals surface area contributed by atoms with E-state index in [1.807, 2.05) is 13.8 Å². The molecule has 0 aromatic rings. The molecule has 0 aromatic heterocycles. The van der Waals surface area contributed by atoms with Crippen molar-refractivity contribution in [1.82, 2.24) is 14.7 Å². The van der Waals surface area contributed by atoms with Crippen LogP contribution in [-0.2, 0) is 23.9 Å². The molecule has 3 fully saturated rings. The fraction of sp³-hybridized carbons (Fsp3) is 0.852. The molecular weight excluding hydrogens is 462 g/mol. The van der Waals surface area contributed by atoms with Crippen LogP contribution < -0.4 is 0 Å².